The molecule has 0 spiro atoms. The Bertz CT molecular complexity index is 654. The SMILES string of the molecule is CCC(C)c1ccc(NC[C@H]2CC[C@H](NS(=O)(=O)C(C)(C)C)CC2)cc1. The number of hydrogen-bond acceptors (Lipinski definition) is 3. The van der Waals surface area contributed by atoms with E-state index in [0.29, 0.717) is 11.8 Å². The quantitative estimate of drug-likeness (QED) is 0.708. The third kappa shape index (κ3) is 5.71. The van der Waals surface area contributed by atoms with Crippen molar-refractivity contribution in [1.29, 1.82) is 0 Å². The molecule has 2 rings (SSSR count). The second-order valence-electron chi connectivity index (χ2n) is 8.76. The summed E-state index contributed by atoms with van der Waals surface area (Å²) in [4.78, 5) is 0. The van der Waals surface area contributed by atoms with Crippen molar-refractivity contribution in [2.75, 3.05) is 11.9 Å². The Hall–Kier alpha value is -1.07. The Kier molecular flexibility index (Phi) is 7.14. The van der Waals surface area contributed by atoms with E-state index in [9.17, 15) is 8.42 Å². The van der Waals surface area contributed by atoms with Gasteiger partial charge in [-0.2, -0.15) is 0 Å². The number of sulfonamides is 1. The molecule has 0 heterocycles. The normalized spacial score (nSPS) is 22.8. The van der Waals surface area contributed by atoms with E-state index in [1.54, 1.807) is 20.8 Å². The summed E-state index contributed by atoms with van der Waals surface area (Å²) in [6, 6.07) is 8.86. The lowest BCUT2D eigenvalue weighted by Crippen LogP contribution is -2.46. The molecule has 1 aromatic carbocycles. The van der Waals surface area contributed by atoms with Gasteiger partial charge >= 0.3 is 0 Å². The highest BCUT2D eigenvalue weighted by Gasteiger charge is 2.32. The van der Waals surface area contributed by atoms with Crippen molar-refractivity contribution in [3.05, 3.63) is 29.8 Å². The lowest BCUT2D eigenvalue weighted by Gasteiger charge is -2.31. The molecule has 1 aliphatic carbocycles. The monoisotopic (exact) mass is 380 g/mol. The van der Waals surface area contributed by atoms with Crippen LogP contribution in [0.4, 0.5) is 5.69 Å². The smallest absolute Gasteiger partial charge is 0.216 e. The van der Waals surface area contributed by atoms with Crippen LogP contribution < -0.4 is 10.0 Å². The van der Waals surface area contributed by atoms with Crippen molar-refractivity contribution in [3.8, 4) is 0 Å². The Morgan fingerprint density at radius 2 is 1.65 bits per heavy atom. The van der Waals surface area contributed by atoms with Crippen LogP contribution in [0.15, 0.2) is 24.3 Å². The molecular weight excluding hydrogens is 344 g/mol. The van der Waals surface area contributed by atoms with Gasteiger partial charge in [-0.1, -0.05) is 26.0 Å². The van der Waals surface area contributed by atoms with Gasteiger partial charge in [0, 0.05) is 18.3 Å². The Morgan fingerprint density at radius 3 is 2.15 bits per heavy atom. The van der Waals surface area contributed by atoms with Gasteiger partial charge in [0.05, 0.1) is 4.75 Å². The second-order valence-corrected chi connectivity index (χ2v) is 11.2. The summed E-state index contributed by atoms with van der Waals surface area (Å²) in [7, 11) is -3.25. The highest BCUT2D eigenvalue weighted by molar-refractivity contribution is 7.90. The minimum atomic E-state index is -3.25. The molecule has 1 aromatic rings. The molecule has 1 unspecified atom stereocenters. The van der Waals surface area contributed by atoms with Gasteiger partial charge < -0.3 is 5.32 Å². The number of rotatable bonds is 7. The molecule has 1 atom stereocenters. The van der Waals surface area contributed by atoms with Gasteiger partial charge in [-0.15, -0.1) is 0 Å². The molecule has 1 aliphatic rings. The van der Waals surface area contributed by atoms with E-state index in [4.69, 9.17) is 0 Å². The maximum atomic E-state index is 12.3. The molecule has 5 heteroatoms. The van der Waals surface area contributed by atoms with Crippen molar-refractivity contribution in [3.63, 3.8) is 0 Å². The minimum absolute atomic E-state index is 0.0882. The summed E-state index contributed by atoms with van der Waals surface area (Å²) < 4.78 is 26.7. The highest BCUT2D eigenvalue weighted by Crippen LogP contribution is 2.27. The molecule has 0 radical (unpaired) electrons. The van der Waals surface area contributed by atoms with Crippen LogP contribution in [0.1, 0.15) is 78.2 Å². The molecule has 2 N–H and O–H groups in total. The van der Waals surface area contributed by atoms with E-state index in [1.807, 2.05) is 0 Å². The van der Waals surface area contributed by atoms with Crippen LogP contribution >= 0.6 is 0 Å². The molecule has 0 aromatic heterocycles. The first-order valence-electron chi connectivity index (χ1n) is 9.98. The van der Waals surface area contributed by atoms with E-state index >= 15 is 0 Å². The summed E-state index contributed by atoms with van der Waals surface area (Å²) in [5, 5.41) is 3.55. The average molecular weight is 381 g/mol. The predicted octanol–water partition coefficient (Wildman–Crippen LogP) is 4.89. The van der Waals surface area contributed by atoms with E-state index in [2.05, 4.69) is 48.2 Å². The van der Waals surface area contributed by atoms with Gasteiger partial charge in [0.1, 0.15) is 0 Å². The van der Waals surface area contributed by atoms with Gasteiger partial charge in [-0.05, 0) is 82.4 Å². The molecular formula is C21H36N2O2S. The minimum Gasteiger partial charge on any atom is -0.385 e. The van der Waals surface area contributed by atoms with Gasteiger partial charge in [-0.25, -0.2) is 13.1 Å². The standard InChI is InChI=1S/C21H36N2O2S/c1-6-16(2)18-9-13-19(14-10-18)22-15-17-7-11-20(12-8-17)23-26(24,25)21(3,4)5/h9-10,13-14,16-17,20,22-23H,6-8,11-12,15H2,1-5H3/t16?,17-,20-. The van der Waals surface area contributed by atoms with E-state index in [0.717, 1.165) is 38.6 Å². The molecule has 0 aliphatic heterocycles. The average Bonchev–Trinajstić information content (AvgIpc) is 2.59. The fourth-order valence-electron chi connectivity index (χ4n) is 3.31. The first-order valence-corrected chi connectivity index (χ1v) is 11.5. The van der Waals surface area contributed by atoms with Crippen LogP contribution in [0.2, 0.25) is 0 Å². The number of anilines is 1. The van der Waals surface area contributed by atoms with Crippen LogP contribution in [-0.2, 0) is 10.0 Å². The largest absolute Gasteiger partial charge is 0.385 e. The molecule has 148 valence electrons. The first kappa shape index (κ1) is 21.2. The summed E-state index contributed by atoms with van der Waals surface area (Å²) in [6.45, 7) is 10.7. The zero-order valence-corrected chi connectivity index (χ0v) is 17.8. The topological polar surface area (TPSA) is 58.2 Å². The zero-order chi connectivity index (χ0) is 19.4. The van der Waals surface area contributed by atoms with Crippen molar-refractivity contribution >= 4 is 15.7 Å². The molecule has 0 amide bonds. The van der Waals surface area contributed by atoms with Crippen LogP contribution in [0.25, 0.3) is 0 Å². The van der Waals surface area contributed by atoms with E-state index in [-0.39, 0.29) is 6.04 Å². The Morgan fingerprint density at radius 1 is 1.08 bits per heavy atom. The fraction of sp³-hybridized carbons (Fsp3) is 0.714. The maximum Gasteiger partial charge on any atom is 0.216 e. The second kappa shape index (κ2) is 8.75. The highest BCUT2D eigenvalue weighted by atomic mass is 32.2. The summed E-state index contributed by atoms with van der Waals surface area (Å²) in [5.41, 5.74) is 2.57. The van der Waals surface area contributed by atoms with Gasteiger partial charge in [0.15, 0.2) is 0 Å². The third-order valence-electron chi connectivity index (χ3n) is 5.66. The van der Waals surface area contributed by atoms with Crippen LogP contribution in [0.5, 0.6) is 0 Å². The summed E-state index contributed by atoms with van der Waals surface area (Å²) in [6.07, 6.45) is 5.14. The van der Waals surface area contributed by atoms with Crippen molar-refractivity contribution in [2.45, 2.75) is 83.4 Å². The van der Waals surface area contributed by atoms with Crippen LogP contribution in [-0.4, -0.2) is 25.8 Å². The zero-order valence-electron chi connectivity index (χ0n) is 17.0. The molecule has 26 heavy (non-hydrogen) atoms. The molecule has 1 fully saturated rings. The third-order valence-corrected chi connectivity index (χ3v) is 7.92. The summed E-state index contributed by atoms with van der Waals surface area (Å²) >= 11 is 0. The van der Waals surface area contributed by atoms with Crippen LogP contribution in [0.3, 0.4) is 0 Å². The first-order chi connectivity index (χ1) is 12.1. The maximum absolute atomic E-state index is 12.3. The van der Waals surface area contributed by atoms with Gasteiger partial charge in [0.25, 0.3) is 0 Å². The van der Waals surface area contributed by atoms with E-state index in [1.165, 1.54) is 11.3 Å². The fourth-order valence-corrected chi connectivity index (χ4v) is 4.34. The van der Waals surface area contributed by atoms with E-state index < -0.39 is 14.8 Å². The summed E-state index contributed by atoms with van der Waals surface area (Å²) in [5.74, 6) is 1.22. The Labute approximate surface area is 160 Å². The number of hydrogen-bond donors (Lipinski definition) is 2. The molecule has 0 bridgehead atoms. The lowest BCUT2D eigenvalue weighted by atomic mass is 9.86. The van der Waals surface area contributed by atoms with Crippen molar-refractivity contribution < 1.29 is 8.42 Å². The van der Waals surface area contributed by atoms with Gasteiger partial charge in [0.2, 0.25) is 10.0 Å². The molecule has 1 saturated carbocycles. The lowest BCUT2D eigenvalue weighted by molar-refractivity contribution is 0.322. The number of benzene rings is 1. The van der Waals surface area contributed by atoms with Gasteiger partial charge in [-0.3, -0.25) is 0 Å². The van der Waals surface area contributed by atoms with Crippen molar-refractivity contribution in [1.82, 2.24) is 4.72 Å². The van der Waals surface area contributed by atoms with Crippen molar-refractivity contribution in [2.24, 2.45) is 5.92 Å². The molecule has 0 saturated heterocycles. The predicted molar refractivity (Wildman–Crippen MR) is 111 cm³/mol. The number of nitrogens with one attached hydrogen (secondary N) is 2. The molecule has 4 nitrogen and oxygen atoms in total. The van der Waals surface area contributed by atoms with Crippen LogP contribution in [0, 0.1) is 5.92 Å². The Balaban J connectivity index is 1.77.